The molecule has 18 heavy (non-hydrogen) atoms. The predicted octanol–water partition coefficient (Wildman–Crippen LogP) is 3.51. The number of ether oxygens (including phenoxy) is 1. The van der Waals surface area contributed by atoms with Crippen LogP contribution in [0.25, 0.3) is 0 Å². The van der Waals surface area contributed by atoms with Gasteiger partial charge in [0.2, 0.25) is 0 Å². The number of rotatable bonds is 5. The minimum absolute atomic E-state index is 0.843. The van der Waals surface area contributed by atoms with Crippen molar-refractivity contribution in [1.82, 2.24) is 4.98 Å². The van der Waals surface area contributed by atoms with Gasteiger partial charge in [-0.2, -0.15) is 0 Å². The molecule has 2 rings (SSSR count). The quantitative estimate of drug-likeness (QED) is 0.918. The van der Waals surface area contributed by atoms with Gasteiger partial charge in [-0.05, 0) is 36.2 Å². The second kappa shape index (κ2) is 6.40. The summed E-state index contributed by atoms with van der Waals surface area (Å²) in [5.74, 6) is 0.843. The first-order valence-electron chi connectivity index (χ1n) is 5.75. The SMILES string of the molecule is COc1cc(Br)cc(NCCc2ccncc2)c1. The summed E-state index contributed by atoms with van der Waals surface area (Å²) in [6.45, 7) is 0.879. The Morgan fingerprint density at radius 1 is 1.22 bits per heavy atom. The lowest BCUT2D eigenvalue weighted by Gasteiger charge is -2.09. The molecule has 0 bridgehead atoms. The van der Waals surface area contributed by atoms with Gasteiger partial charge in [-0.1, -0.05) is 15.9 Å². The van der Waals surface area contributed by atoms with Crippen LogP contribution < -0.4 is 10.1 Å². The van der Waals surface area contributed by atoms with Gasteiger partial charge in [0.05, 0.1) is 7.11 Å². The van der Waals surface area contributed by atoms with Crippen molar-refractivity contribution in [3.8, 4) is 5.75 Å². The minimum atomic E-state index is 0.843. The average molecular weight is 307 g/mol. The number of pyridine rings is 1. The molecule has 1 heterocycles. The Morgan fingerprint density at radius 3 is 2.72 bits per heavy atom. The van der Waals surface area contributed by atoms with Crippen molar-refractivity contribution in [3.05, 3.63) is 52.8 Å². The van der Waals surface area contributed by atoms with Gasteiger partial charge in [-0.15, -0.1) is 0 Å². The normalized spacial score (nSPS) is 10.1. The van der Waals surface area contributed by atoms with Gasteiger partial charge in [0.1, 0.15) is 5.75 Å². The molecule has 0 saturated carbocycles. The fourth-order valence-electron chi connectivity index (χ4n) is 1.68. The molecule has 0 aliphatic carbocycles. The molecule has 1 N–H and O–H groups in total. The minimum Gasteiger partial charge on any atom is -0.497 e. The Hall–Kier alpha value is -1.55. The lowest BCUT2D eigenvalue weighted by Crippen LogP contribution is -2.05. The number of nitrogens with zero attached hydrogens (tertiary/aromatic N) is 1. The third kappa shape index (κ3) is 3.74. The van der Waals surface area contributed by atoms with Crippen molar-refractivity contribution < 1.29 is 4.74 Å². The zero-order chi connectivity index (χ0) is 12.8. The van der Waals surface area contributed by atoms with E-state index in [1.165, 1.54) is 5.56 Å². The number of methoxy groups -OCH3 is 1. The average Bonchev–Trinajstić information content (AvgIpc) is 2.39. The number of benzene rings is 1. The summed E-state index contributed by atoms with van der Waals surface area (Å²) in [7, 11) is 1.67. The molecule has 0 atom stereocenters. The Bertz CT molecular complexity index is 502. The molecule has 94 valence electrons. The molecule has 3 nitrogen and oxygen atoms in total. The van der Waals surface area contributed by atoms with E-state index in [0.29, 0.717) is 0 Å². The van der Waals surface area contributed by atoms with E-state index in [9.17, 15) is 0 Å². The summed E-state index contributed by atoms with van der Waals surface area (Å²) in [5.41, 5.74) is 2.33. The van der Waals surface area contributed by atoms with Crippen LogP contribution in [0, 0.1) is 0 Å². The Balaban J connectivity index is 1.92. The molecule has 0 aliphatic rings. The highest BCUT2D eigenvalue weighted by atomic mass is 79.9. The van der Waals surface area contributed by atoms with E-state index in [4.69, 9.17) is 4.74 Å². The molecule has 0 radical (unpaired) electrons. The van der Waals surface area contributed by atoms with E-state index >= 15 is 0 Å². The molecular weight excluding hydrogens is 292 g/mol. The van der Waals surface area contributed by atoms with Gasteiger partial charge < -0.3 is 10.1 Å². The zero-order valence-electron chi connectivity index (χ0n) is 10.2. The number of halogens is 1. The Morgan fingerprint density at radius 2 is 2.00 bits per heavy atom. The number of anilines is 1. The van der Waals surface area contributed by atoms with E-state index in [2.05, 4.69) is 26.2 Å². The van der Waals surface area contributed by atoms with Crippen LogP contribution in [0.5, 0.6) is 5.75 Å². The highest BCUT2D eigenvalue weighted by molar-refractivity contribution is 9.10. The van der Waals surface area contributed by atoms with Crippen LogP contribution >= 0.6 is 15.9 Å². The second-order valence-electron chi connectivity index (χ2n) is 3.91. The van der Waals surface area contributed by atoms with E-state index in [1.807, 2.05) is 42.7 Å². The van der Waals surface area contributed by atoms with Crippen LogP contribution in [0.1, 0.15) is 5.56 Å². The Labute approximate surface area is 115 Å². The fraction of sp³-hybridized carbons (Fsp3) is 0.214. The molecular formula is C14H15BrN2O. The van der Waals surface area contributed by atoms with Crippen molar-refractivity contribution in [1.29, 1.82) is 0 Å². The van der Waals surface area contributed by atoms with E-state index in [1.54, 1.807) is 7.11 Å². The van der Waals surface area contributed by atoms with Gasteiger partial charge in [0.15, 0.2) is 0 Å². The van der Waals surface area contributed by atoms with Gasteiger partial charge >= 0.3 is 0 Å². The first kappa shape index (κ1) is 12.9. The second-order valence-corrected chi connectivity index (χ2v) is 4.83. The summed E-state index contributed by atoms with van der Waals surface area (Å²) < 4.78 is 6.23. The smallest absolute Gasteiger partial charge is 0.122 e. The number of hydrogen-bond donors (Lipinski definition) is 1. The molecule has 1 aromatic carbocycles. The van der Waals surface area contributed by atoms with Crippen LogP contribution in [0.15, 0.2) is 47.2 Å². The molecule has 0 saturated heterocycles. The molecule has 0 amide bonds. The molecule has 0 fully saturated rings. The van der Waals surface area contributed by atoms with Gasteiger partial charge in [0, 0.05) is 35.2 Å². The van der Waals surface area contributed by atoms with Crippen LogP contribution in [0.3, 0.4) is 0 Å². The lowest BCUT2D eigenvalue weighted by molar-refractivity contribution is 0.414. The van der Waals surface area contributed by atoms with Gasteiger partial charge in [-0.3, -0.25) is 4.98 Å². The first-order chi connectivity index (χ1) is 8.78. The number of nitrogens with one attached hydrogen (secondary N) is 1. The zero-order valence-corrected chi connectivity index (χ0v) is 11.8. The first-order valence-corrected chi connectivity index (χ1v) is 6.54. The van der Waals surface area contributed by atoms with Crippen LogP contribution in [-0.4, -0.2) is 18.6 Å². The molecule has 1 aromatic heterocycles. The molecule has 0 spiro atoms. The van der Waals surface area contributed by atoms with Gasteiger partial charge in [0.25, 0.3) is 0 Å². The highest BCUT2D eigenvalue weighted by Crippen LogP contribution is 2.24. The van der Waals surface area contributed by atoms with Crippen molar-refractivity contribution in [2.24, 2.45) is 0 Å². The van der Waals surface area contributed by atoms with Crippen LogP contribution in [0.4, 0.5) is 5.69 Å². The lowest BCUT2D eigenvalue weighted by atomic mass is 10.2. The molecule has 0 unspecified atom stereocenters. The summed E-state index contributed by atoms with van der Waals surface area (Å²) in [6, 6.07) is 10.0. The third-order valence-corrected chi connectivity index (χ3v) is 3.06. The summed E-state index contributed by atoms with van der Waals surface area (Å²) in [6.07, 6.45) is 4.60. The third-order valence-electron chi connectivity index (χ3n) is 2.60. The topological polar surface area (TPSA) is 34.1 Å². The van der Waals surface area contributed by atoms with E-state index in [-0.39, 0.29) is 0 Å². The maximum Gasteiger partial charge on any atom is 0.122 e. The van der Waals surface area contributed by atoms with Crippen LogP contribution in [0.2, 0.25) is 0 Å². The number of hydrogen-bond acceptors (Lipinski definition) is 3. The van der Waals surface area contributed by atoms with Crippen molar-refractivity contribution in [2.45, 2.75) is 6.42 Å². The van der Waals surface area contributed by atoms with E-state index in [0.717, 1.165) is 28.9 Å². The monoisotopic (exact) mass is 306 g/mol. The van der Waals surface area contributed by atoms with E-state index < -0.39 is 0 Å². The standard InChI is InChI=1S/C14H15BrN2O/c1-18-14-9-12(15)8-13(10-14)17-7-4-11-2-5-16-6-3-11/h2-3,5-6,8-10,17H,4,7H2,1H3. The molecule has 2 aromatic rings. The summed E-state index contributed by atoms with van der Waals surface area (Å²) in [4.78, 5) is 4.00. The number of aromatic nitrogens is 1. The fourth-order valence-corrected chi connectivity index (χ4v) is 2.16. The summed E-state index contributed by atoms with van der Waals surface area (Å²) in [5, 5.41) is 3.38. The largest absolute Gasteiger partial charge is 0.497 e. The predicted molar refractivity (Wildman–Crippen MR) is 77.1 cm³/mol. The summed E-state index contributed by atoms with van der Waals surface area (Å²) >= 11 is 3.46. The maximum atomic E-state index is 5.22. The maximum absolute atomic E-state index is 5.22. The van der Waals surface area contributed by atoms with Crippen LogP contribution in [-0.2, 0) is 6.42 Å². The van der Waals surface area contributed by atoms with Crippen molar-refractivity contribution in [3.63, 3.8) is 0 Å². The molecule has 4 heteroatoms. The molecule has 0 aliphatic heterocycles. The Kier molecular flexibility index (Phi) is 4.59. The van der Waals surface area contributed by atoms with Crippen molar-refractivity contribution in [2.75, 3.05) is 19.0 Å². The van der Waals surface area contributed by atoms with Gasteiger partial charge in [-0.25, -0.2) is 0 Å². The van der Waals surface area contributed by atoms with Crippen molar-refractivity contribution >= 4 is 21.6 Å². The highest BCUT2D eigenvalue weighted by Gasteiger charge is 1.99.